The zero-order valence-electron chi connectivity index (χ0n) is 10.2. The minimum Gasteiger partial charge on any atom is -0.336 e. The fourth-order valence-electron chi connectivity index (χ4n) is 1.97. The van der Waals surface area contributed by atoms with E-state index in [-0.39, 0.29) is 5.91 Å². The molecule has 0 radical (unpaired) electrons. The van der Waals surface area contributed by atoms with Crippen molar-refractivity contribution in [3.8, 4) is 0 Å². The number of rotatable bonds is 5. The van der Waals surface area contributed by atoms with E-state index >= 15 is 0 Å². The highest BCUT2D eigenvalue weighted by Crippen LogP contribution is 2.29. The van der Waals surface area contributed by atoms with E-state index in [0.717, 1.165) is 42.7 Å². The first-order chi connectivity index (χ1) is 8.24. The summed E-state index contributed by atoms with van der Waals surface area (Å²) in [4.78, 5) is 15.2. The lowest BCUT2D eigenvalue weighted by molar-refractivity contribution is 0.0737. The average molecular weight is 249 g/mol. The van der Waals surface area contributed by atoms with E-state index in [0.29, 0.717) is 6.04 Å². The predicted molar refractivity (Wildman–Crippen MR) is 72.7 cm³/mol. The van der Waals surface area contributed by atoms with E-state index in [2.05, 4.69) is 19.6 Å². The van der Waals surface area contributed by atoms with Crippen LogP contribution in [0.4, 0.5) is 0 Å². The van der Waals surface area contributed by atoms with Gasteiger partial charge in [0.1, 0.15) is 0 Å². The van der Waals surface area contributed by atoms with E-state index in [1.54, 1.807) is 0 Å². The van der Waals surface area contributed by atoms with Crippen molar-refractivity contribution in [1.29, 1.82) is 0 Å². The lowest BCUT2D eigenvalue weighted by Gasteiger charge is -2.22. The molecular formula is C14H19NOS. The summed E-state index contributed by atoms with van der Waals surface area (Å²) in [5.74, 6) is 0.145. The second-order valence-corrected chi connectivity index (χ2v) is 5.08. The third kappa shape index (κ3) is 3.03. The first kappa shape index (κ1) is 12.5. The Bertz CT molecular complexity index is 401. The Balaban J connectivity index is 2.13. The SMILES string of the molecule is CCCCN(C(=O)c1ccccc1S)C1CC1. The van der Waals surface area contributed by atoms with E-state index in [1.165, 1.54) is 0 Å². The van der Waals surface area contributed by atoms with Crippen LogP contribution in [0.1, 0.15) is 43.0 Å². The normalized spacial score (nSPS) is 14.7. The highest BCUT2D eigenvalue weighted by Gasteiger charge is 2.32. The first-order valence-corrected chi connectivity index (χ1v) is 6.77. The molecule has 1 aliphatic rings. The number of nitrogens with zero attached hydrogens (tertiary/aromatic N) is 1. The molecule has 0 N–H and O–H groups in total. The number of benzene rings is 1. The zero-order chi connectivity index (χ0) is 12.3. The third-order valence-corrected chi connectivity index (χ3v) is 3.53. The summed E-state index contributed by atoms with van der Waals surface area (Å²) in [6.07, 6.45) is 4.52. The molecule has 92 valence electrons. The summed E-state index contributed by atoms with van der Waals surface area (Å²) < 4.78 is 0. The predicted octanol–water partition coefficient (Wildman–Crippen LogP) is 3.38. The topological polar surface area (TPSA) is 20.3 Å². The van der Waals surface area contributed by atoms with Crippen LogP contribution in [0.3, 0.4) is 0 Å². The van der Waals surface area contributed by atoms with Crippen LogP contribution < -0.4 is 0 Å². The Hall–Kier alpha value is -0.960. The second-order valence-electron chi connectivity index (χ2n) is 4.60. The van der Waals surface area contributed by atoms with Crippen molar-refractivity contribution >= 4 is 18.5 Å². The molecule has 1 fully saturated rings. The van der Waals surface area contributed by atoms with E-state index < -0.39 is 0 Å². The van der Waals surface area contributed by atoms with Crippen molar-refractivity contribution in [3.63, 3.8) is 0 Å². The maximum Gasteiger partial charge on any atom is 0.255 e. The molecule has 0 aromatic heterocycles. The summed E-state index contributed by atoms with van der Waals surface area (Å²) in [7, 11) is 0. The molecule has 0 saturated heterocycles. The lowest BCUT2D eigenvalue weighted by atomic mass is 10.2. The molecule has 1 aromatic carbocycles. The molecule has 1 saturated carbocycles. The number of amides is 1. The summed E-state index contributed by atoms with van der Waals surface area (Å²) >= 11 is 4.36. The standard InChI is InChI=1S/C14H19NOS/c1-2-3-10-15(11-8-9-11)14(16)12-6-4-5-7-13(12)17/h4-7,11,17H,2-3,8-10H2,1H3. The molecule has 0 spiro atoms. The zero-order valence-corrected chi connectivity index (χ0v) is 11.1. The highest BCUT2D eigenvalue weighted by molar-refractivity contribution is 7.80. The quantitative estimate of drug-likeness (QED) is 0.793. The Labute approximate surface area is 108 Å². The monoisotopic (exact) mass is 249 g/mol. The van der Waals surface area contributed by atoms with Gasteiger partial charge < -0.3 is 4.90 Å². The van der Waals surface area contributed by atoms with Crippen LogP contribution in [-0.4, -0.2) is 23.4 Å². The van der Waals surface area contributed by atoms with Crippen molar-refractivity contribution in [2.24, 2.45) is 0 Å². The maximum atomic E-state index is 12.4. The number of hydrogen-bond donors (Lipinski definition) is 1. The van der Waals surface area contributed by atoms with Crippen molar-refractivity contribution in [2.45, 2.75) is 43.5 Å². The number of carbonyl (C=O) groups is 1. The summed E-state index contributed by atoms with van der Waals surface area (Å²) in [5, 5.41) is 0. The van der Waals surface area contributed by atoms with Gasteiger partial charge in [-0.15, -0.1) is 12.6 Å². The molecule has 0 bridgehead atoms. The van der Waals surface area contributed by atoms with Gasteiger partial charge in [0, 0.05) is 17.5 Å². The van der Waals surface area contributed by atoms with Crippen LogP contribution in [-0.2, 0) is 0 Å². The number of unbranched alkanes of at least 4 members (excludes halogenated alkanes) is 1. The molecule has 17 heavy (non-hydrogen) atoms. The lowest BCUT2D eigenvalue weighted by Crippen LogP contribution is -2.34. The number of hydrogen-bond acceptors (Lipinski definition) is 2. The molecule has 2 rings (SSSR count). The van der Waals surface area contributed by atoms with Crippen LogP contribution in [0.2, 0.25) is 0 Å². The van der Waals surface area contributed by atoms with Crippen molar-refractivity contribution in [3.05, 3.63) is 29.8 Å². The van der Waals surface area contributed by atoms with Crippen LogP contribution >= 0.6 is 12.6 Å². The van der Waals surface area contributed by atoms with Gasteiger partial charge in [-0.3, -0.25) is 4.79 Å². The van der Waals surface area contributed by atoms with E-state index in [4.69, 9.17) is 0 Å². The average Bonchev–Trinajstić information content (AvgIpc) is 3.14. The molecule has 1 amide bonds. The second kappa shape index (κ2) is 5.58. The van der Waals surface area contributed by atoms with Crippen molar-refractivity contribution in [2.75, 3.05) is 6.54 Å². The van der Waals surface area contributed by atoms with Gasteiger partial charge in [-0.1, -0.05) is 25.5 Å². The Kier molecular flexibility index (Phi) is 4.11. The molecule has 3 heteroatoms. The van der Waals surface area contributed by atoms with Crippen LogP contribution in [0.5, 0.6) is 0 Å². The Morgan fingerprint density at radius 2 is 2.12 bits per heavy atom. The number of thiol groups is 1. The molecule has 0 aliphatic heterocycles. The van der Waals surface area contributed by atoms with Gasteiger partial charge >= 0.3 is 0 Å². The van der Waals surface area contributed by atoms with Gasteiger partial charge in [0.05, 0.1) is 5.56 Å². The van der Waals surface area contributed by atoms with Crippen molar-refractivity contribution in [1.82, 2.24) is 4.90 Å². The molecular weight excluding hydrogens is 230 g/mol. The number of carbonyl (C=O) groups excluding carboxylic acids is 1. The smallest absolute Gasteiger partial charge is 0.255 e. The fourth-order valence-corrected chi connectivity index (χ4v) is 2.23. The molecule has 0 unspecified atom stereocenters. The molecule has 0 atom stereocenters. The van der Waals surface area contributed by atoms with Gasteiger partial charge in [-0.05, 0) is 31.4 Å². The molecule has 2 nitrogen and oxygen atoms in total. The summed E-state index contributed by atoms with van der Waals surface area (Å²) in [6.45, 7) is 3.03. The van der Waals surface area contributed by atoms with Gasteiger partial charge in [-0.25, -0.2) is 0 Å². The van der Waals surface area contributed by atoms with E-state index in [9.17, 15) is 4.79 Å². The Morgan fingerprint density at radius 1 is 1.41 bits per heavy atom. The van der Waals surface area contributed by atoms with E-state index in [1.807, 2.05) is 29.2 Å². The van der Waals surface area contributed by atoms with Gasteiger partial charge in [0.25, 0.3) is 5.91 Å². The third-order valence-electron chi connectivity index (χ3n) is 3.14. The fraction of sp³-hybridized carbons (Fsp3) is 0.500. The molecule has 0 heterocycles. The molecule has 1 aliphatic carbocycles. The summed E-state index contributed by atoms with van der Waals surface area (Å²) in [6, 6.07) is 8.03. The van der Waals surface area contributed by atoms with Gasteiger partial charge in [0.2, 0.25) is 0 Å². The van der Waals surface area contributed by atoms with Crippen LogP contribution in [0, 0.1) is 0 Å². The maximum absolute atomic E-state index is 12.4. The van der Waals surface area contributed by atoms with Crippen molar-refractivity contribution < 1.29 is 4.79 Å². The van der Waals surface area contributed by atoms with Crippen LogP contribution in [0.25, 0.3) is 0 Å². The Morgan fingerprint density at radius 3 is 2.71 bits per heavy atom. The van der Waals surface area contributed by atoms with Gasteiger partial charge in [0.15, 0.2) is 0 Å². The minimum absolute atomic E-state index is 0.145. The first-order valence-electron chi connectivity index (χ1n) is 6.33. The minimum atomic E-state index is 0.145. The molecule has 1 aromatic rings. The van der Waals surface area contributed by atoms with Crippen LogP contribution in [0.15, 0.2) is 29.2 Å². The summed E-state index contributed by atoms with van der Waals surface area (Å²) in [5.41, 5.74) is 0.735. The largest absolute Gasteiger partial charge is 0.336 e. The van der Waals surface area contributed by atoms with Gasteiger partial charge in [-0.2, -0.15) is 0 Å². The highest BCUT2D eigenvalue weighted by atomic mass is 32.1.